The van der Waals surface area contributed by atoms with E-state index in [1.54, 1.807) is 0 Å². The molecule has 0 radical (unpaired) electrons. The minimum absolute atomic E-state index is 0.000462. The molecule has 2 fully saturated rings. The standard InChI is InChI=1S/C27H30N2O6/c30-18-13-24(26(32)33)29(14-18)25(31)16-9-11-17(12-10-16)28-27(34)35-15-23-21-7-3-1-5-19(21)20-6-2-4-8-22(20)23/h1-8,16-18,23-24,30H,9-15H2,(H,28,34)(H,32,33). The van der Waals surface area contributed by atoms with Gasteiger partial charge in [0.1, 0.15) is 12.6 Å². The highest BCUT2D eigenvalue weighted by Gasteiger charge is 2.42. The van der Waals surface area contributed by atoms with Gasteiger partial charge in [-0.2, -0.15) is 0 Å². The number of rotatable bonds is 5. The second kappa shape index (κ2) is 9.70. The second-order valence-corrected chi connectivity index (χ2v) is 9.75. The Morgan fingerprint density at radius 1 is 0.943 bits per heavy atom. The van der Waals surface area contributed by atoms with Crippen molar-refractivity contribution in [3.05, 3.63) is 59.7 Å². The fourth-order valence-electron chi connectivity index (χ4n) is 5.82. The normalized spacial score (nSPS) is 25.6. The monoisotopic (exact) mass is 478 g/mol. The third-order valence-electron chi connectivity index (χ3n) is 7.59. The summed E-state index contributed by atoms with van der Waals surface area (Å²) >= 11 is 0. The van der Waals surface area contributed by atoms with Gasteiger partial charge in [0.25, 0.3) is 0 Å². The van der Waals surface area contributed by atoms with Crippen molar-refractivity contribution in [1.82, 2.24) is 10.2 Å². The van der Waals surface area contributed by atoms with Crippen LogP contribution in [0.1, 0.15) is 49.1 Å². The lowest BCUT2D eigenvalue weighted by Crippen LogP contribution is -2.46. The van der Waals surface area contributed by atoms with Crippen molar-refractivity contribution in [2.24, 2.45) is 5.92 Å². The molecule has 0 spiro atoms. The molecule has 3 N–H and O–H groups in total. The molecule has 2 atom stereocenters. The number of hydrogen-bond acceptors (Lipinski definition) is 5. The van der Waals surface area contributed by atoms with Crippen LogP contribution in [0, 0.1) is 5.92 Å². The lowest BCUT2D eigenvalue weighted by molar-refractivity contribution is -0.150. The summed E-state index contributed by atoms with van der Waals surface area (Å²) in [6.07, 6.45) is 1.17. The Morgan fingerprint density at radius 3 is 2.14 bits per heavy atom. The number of alkyl carbamates (subject to hydrolysis) is 1. The van der Waals surface area contributed by atoms with Crippen molar-refractivity contribution in [1.29, 1.82) is 0 Å². The first-order valence-electron chi connectivity index (χ1n) is 12.2. The number of hydrogen-bond donors (Lipinski definition) is 3. The highest BCUT2D eigenvalue weighted by molar-refractivity contribution is 5.86. The van der Waals surface area contributed by atoms with Crippen LogP contribution in [0.4, 0.5) is 4.79 Å². The number of carbonyl (C=O) groups is 3. The van der Waals surface area contributed by atoms with E-state index in [2.05, 4.69) is 29.6 Å². The number of aliphatic hydroxyl groups excluding tert-OH is 1. The largest absolute Gasteiger partial charge is 0.480 e. The van der Waals surface area contributed by atoms with Crippen LogP contribution >= 0.6 is 0 Å². The molecule has 35 heavy (non-hydrogen) atoms. The number of carboxylic acid groups (broad SMARTS) is 1. The molecular weight excluding hydrogens is 448 g/mol. The van der Waals surface area contributed by atoms with Crippen molar-refractivity contribution >= 4 is 18.0 Å². The molecule has 1 aliphatic heterocycles. The number of nitrogens with zero attached hydrogens (tertiary/aromatic N) is 1. The summed E-state index contributed by atoms with van der Waals surface area (Å²) in [7, 11) is 0. The minimum atomic E-state index is -1.08. The SMILES string of the molecule is O=C(NC1CCC(C(=O)N2CC(O)CC2C(=O)O)CC1)OCC1c2ccccc2-c2ccccc21. The van der Waals surface area contributed by atoms with Gasteiger partial charge in [0.05, 0.1) is 6.10 Å². The van der Waals surface area contributed by atoms with Crippen LogP contribution in [-0.4, -0.2) is 64.4 Å². The Bertz CT molecular complexity index is 1080. The number of likely N-dealkylation sites (tertiary alicyclic amines) is 1. The van der Waals surface area contributed by atoms with Gasteiger partial charge in [0.15, 0.2) is 0 Å². The number of nitrogens with one attached hydrogen (secondary N) is 1. The summed E-state index contributed by atoms with van der Waals surface area (Å²) in [5, 5.41) is 22.1. The second-order valence-electron chi connectivity index (χ2n) is 9.75. The Labute approximate surface area is 203 Å². The average Bonchev–Trinajstić information content (AvgIpc) is 3.41. The predicted molar refractivity (Wildman–Crippen MR) is 128 cm³/mol. The maximum atomic E-state index is 12.9. The van der Waals surface area contributed by atoms with E-state index in [-0.39, 0.29) is 43.4 Å². The van der Waals surface area contributed by atoms with Crippen LogP contribution in [-0.2, 0) is 14.3 Å². The van der Waals surface area contributed by atoms with Crippen LogP contribution < -0.4 is 5.32 Å². The highest BCUT2D eigenvalue weighted by atomic mass is 16.5. The first kappa shape index (κ1) is 23.4. The van der Waals surface area contributed by atoms with Gasteiger partial charge in [-0.15, -0.1) is 0 Å². The molecule has 184 valence electrons. The summed E-state index contributed by atoms with van der Waals surface area (Å²) < 4.78 is 5.63. The highest BCUT2D eigenvalue weighted by Crippen LogP contribution is 2.44. The van der Waals surface area contributed by atoms with Gasteiger partial charge in [-0.25, -0.2) is 9.59 Å². The fraction of sp³-hybridized carbons (Fsp3) is 0.444. The quantitative estimate of drug-likeness (QED) is 0.608. The summed E-state index contributed by atoms with van der Waals surface area (Å²) in [4.78, 5) is 38.2. The third-order valence-corrected chi connectivity index (χ3v) is 7.59. The van der Waals surface area contributed by atoms with Crippen molar-refractivity contribution in [3.63, 3.8) is 0 Å². The Hall–Kier alpha value is -3.39. The first-order valence-corrected chi connectivity index (χ1v) is 12.2. The summed E-state index contributed by atoms with van der Waals surface area (Å²) in [6.45, 7) is 0.315. The predicted octanol–water partition coefficient (Wildman–Crippen LogP) is 3.13. The molecule has 0 aromatic heterocycles. The number of amides is 2. The average molecular weight is 479 g/mol. The van der Waals surface area contributed by atoms with Gasteiger partial charge < -0.3 is 25.2 Å². The van der Waals surface area contributed by atoms with E-state index in [4.69, 9.17) is 4.74 Å². The maximum absolute atomic E-state index is 12.9. The molecule has 2 aliphatic carbocycles. The lowest BCUT2D eigenvalue weighted by Gasteiger charge is -2.32. The van der Waals surface area contributed by atoms with E-state index >= 15 is 0 Å². The molecule has 2 aromatic carbocycles. The van der Waals surface area contributed by atoms with E-state index in [0.29, 0.717) is 25.7 Å². The van der Waals surface area contributed by atoms with Crippen LogP contribution in [0.25, 0.3) is 11.1 Å². The van der Waals surface area contributed by atoms with E-state index in [1.807, 2.05) is 24.3 Å². The molecular formula is C27H30N2O6. The molecule has 2 amide bonds. The molecule has 1 heterocycles. The van der Waals surface area contributed by atoms with Gasteiger partial charge >= 0.3 is 12.1 Å². The van der Waals surface area contributed by atoms with Gasteiger partial charge in [-0.3, -0.25) is 4.79 Å². The van der Waals surface area contributed by atoms with Gasteiger partial charge in [0, 0.05) is 30.8 Å². The molecule has 8 nitrogen and oxygen atoms in total. The number of carbonyl (C=O) groups excluding carboxylic acids is 2. The zero-order valence-electron chi connectivity index (χ0n) is 19.4. The van der Waals surface area contributed by atoms with Crippen molar-refractivity contribution in [2.75, 3.05) is 13.2 Å². The smallest absolute Gasteiger partial charge is 0.407 e. The zero-order valence-corrected chi connectivity index (χ0v) is 19.4. The number of carboxylic acids is 1. The molecule has 5 rings (SSSR count). The van der Waals surface area contributed by atoms with Crippen LogP contribution in [0.3, 0.4) is 0 Å². The zero-order chi connectivity index (χ0) is 24.5. The van der Waals surface area contributed by atoms with Gasteiger partial charge in [0.2, 0.25) is 5.91 Å². The fourth-order valence-corrected chi connectivity index (χ4v) is 5.82. The molecule has 2 aromatic rings. The minimum Gasteiger partial charge on any atom is -0.480 e. The Balaban J connectivity index is 1.12. The van der Waals surface area contributed by atoms with E-state index < -0.39 is 24.2 Å². The van der Waals surface area contributed by atoms with E-state index in [0.717, 1.165) is 11.1 Å². The molecule has 3 aliphatic rings. The molecule has 1 saturated carbocycles. The summed E-state index contributed by atoms with van der Waals surface area (Å²) in [5.74, 6) is -1.59. The number of benzene rings is 2. The van der Waals surface area contributed by atoms with Crippen LogP contribution in [0.2, 0.25) is 0 Å². The topological polar surface area (TPSA) is 116 Å². The Morgan fingerprint density at radius 2 is 1.54 bits per heavy atom. The Kier molecular flexibility index (Phi) is 6.47. The molecule has 0 bridgehead atoms. The van der Waals surface area contributed by atoms with Crippen molar-refractivity contribution < 1.29 is 29.3 Å². The van der Waals surface area contributed by atoms with Crippen molar-refractivity contribution in [2.45, 2.75) is 56.2 Å². The number of aliphatic carboxylic acids is 1. The van der Waals surface area contributed by atoms with Gasteiger partial charge in [-0.1, -0.05) is 48.5 Å². The summed E-state index contributed by atoms with van der Waals surface area (Å²) in [6, 6.07) is 15.3. The first-order chi connectivity index (χ1) is 16.9. The number of aliphatic hydroxyl groups is 1. The molecule has 8 heteroatoms. The van der Waals surface area contributed by atoms with Crippen LogP contribution in [0.15, 0.2) is 48.5 Å². The number of ether oxygens (including phenoxy) is 1. The molecule has 2 unspecified atom stereocenters. The summed E-state index contributed by atoms with van der Waals surface area (Å²) in [5.41, 5.74) is 4.67. The third kappa shape index (κ3) is 4.62. The van der Waals surface area contributed by atoms with E-state index in [9.17, 15) is 24.6 Å². The van der Waals surface area contributed by atoms with Gasteiger partial charge in [-0.05, 0) is 47.9 Å². The maximum Gasteiger partial charge on any atom is 0.407 e. The van der Waals surface area contributed by atoms with E-state index in [1.165, 1.54) is 16.0 Å². The number of fused-ring (bicyclic) bond motifs is 3. The number of β-amino-alcohol motifs (C(OH)–C–C–N with tert-alkyl or cyclic N) is 1. The lowest BCUT2D eigenvalue weighted by atomic mass is 9.85. The molecule has 1 saturated heterocycles. The van der Waals surface area contributed by atoms with Crippen molar-refractivity contribution in [3.8, 4) is 11.1 Å². The van der Waals surface area contributed by atoms with Crippen LogP contribution in [0.5, 0.6) is 0 Å².